The zero-order chi connectivity index (χ0) is 12.3. The summed E-state index contributed by atoms with van der Waals surface area (Å²) in [5, 5.41) is 0. The van der Waals surface area contributed by atoms with Crippen LogP contribution in [0, 0.1) is 0 Å². The van der Waals surface area contributed by atoms with E-state index in [4.69, 9.17) is 0 Å². The van der Waals surface area contributed by atoms with Gasteiger partial charge in [0.15, 0.2) is 0 Å². The van der Waals surface area contributed by atoms with Crippen molar-refractivity contribution in [3.05, 3.63) is 57.6 Å². The summed E-state index contributed by atoms with van der Waals surface area (Å²) in [5.74, 6) is 0. The van der Waals surface area contributed by atoms with E-state index in [1.54, 1.807) is 0 Å². The number of allylic oxidation sites excluding steroid dienone is 6. The van der Waals surface area contributed by atoms with Crippen LogP contribution < -0.4 is 4.72 Å². The molecule has 1 aliphatic rings. The van der Waals surface area contributed by atoms with E-state index in [0.717, 1.165) is 15.6 Å². The van der Waals surface area contributed by atoms with Gasteiger partial charge in [-0.25, -0.2) is 4.21 Å². The molecule has 16 heavy (non-hydrogen) atoms. The maximum absolute atomic E-state index is 11.6. The van der Waals surface area contributed by atoms with Crippen molar-refractivity contribution in [3.63, 3.8) is 0 Å². The number of halogens is 1. The molecule has 0 amide bonds. The fraction of sp³-hybridized carbons (Fsp3) is 0.167. The van der Waals surface area contributed by atoms with E-state index >= 15 is 0 Å². The first-order chi connectivity index (χ1) is 7.52. The summed E-state index contributed by atoms with van der Waals surface area (Å²) in [6, 6.07) is 0. The fourth-order valence-corrected chi connectivity index (χ4v) is 2.60. The zero-order valence-corrected chi connectivity index (χ0v) is 11.7. The zero-order valence-electron chi connectivity index (χ0n) is 9.34. The Balaban J connectivity index is 3.43. The van der Waals surface area contributed by atoms with E-state index in [2.05, 4.69) is 33.8 Å². The Morgan fingerprint density at radius 1 is 1.44 bits per heavy atom. The molecule has 1 fully saturated rings. The molecule has 0 saturated carbocycles. The smallest absolute Gasteiger partial charge is 0.150 e. The van der Waals surface area contributed by atoms with Gasteiger partial charge >= 0.3 is 0 Å². The molecule has 0 spiro atoms. The van der Waals surface area contributed by atoms with Crippen LogP contribution in [0.2, 0.25) is 0 Å². The molecule has 1 aliphatic heterocycles. The molecule has 1 N–H and O–H groups in total. The van der Waals surface area contributed by atoms with Crippen LogP contribution >= 0.6 is 15.9 Å². The van der Waals surface area contributed by atoms with Crippen LogP contribution in [-0.2, 0) is 11.0 Å². The number of nitrogens with one attached hydrogen (secondary N) is 1. The quantitative estimate of drug-likeness (QED) is 0.831. The minimum absolute atomic E-state index is 0.567. The molecule has 1 rings (SSSR count). The van der Waals surface area contributed by atoms with Crippen LogP contribution in [0.25, 0.3) is 0 Å². The number of hydrogen-bond acceptors (Lipinski definition) is 1. The highest BCUT2D eigenvalue weighted by Crippen LogP contribution is 2.34. The van der Waals surface area contributed by atoms with E-state index in [9.17, 15) is 4.21 Å². The SMILES string of the molecule is C=C1NS(=O)C(=C)/C1=C(\C=C/C)C(/Br)=C\C. The first-order valence-electron chi connectivity index (χ1n) is 4.79. The maximum Gasteiger partial charge on any atom is 0.150 e. The number of rotatable bonds is 2. The molecule has 1 atom stereocenters. The van der Waals surface area contributed by atoms with Gasteiger partial charge in [0, 0.05) is 15.8 Å². The van der Waals surface area contributed by atoms with Gasteiger partial charge in [-0.15, -0.1) is 0 Å². The maximum atomic E-state index is 11.6. The molecule has 0 radical (unpaired) electrons. The van der Waals surface area contributed by atoms with Gasteiger partial charge in [0.25, 0.3) is 0 Å². The van der Waals surface area contributed by atoms with Crippen molar-refractivity contribution in [2.45, 2.75) is 13.8 Å². The van der Waals surface area contributed by atoms with Crippen molar-refractivity contribution in [2.24, 2.45) is 0 Å². The average Bonchev–Trinajstić information content (AvgIpc) is 2.50. The highest BCUT2D eigenvalue weighted by atomic mass is 79.9. The molecule has 0 aliphatic carbocycles. The van der Waals surface area contributed by atoms with E-state index in [1.807, 2.05) is 32.1 Å². The summed E-state index contributed by atoms with van der Waals surface area (Å²) >= 11 is 3.47. The third-order valence-corrected chi connectivity index (χ3v) is 4.10. The van der Waals surface area contributed by atoms with Gasteiger partial charge in [-0.1, -0.05) is 47.3 Å². The van der Waals surface area contributed by atoms with E-state index in [1.165, 1.54) is 0 Å². The molecule has 0 aromatic carbocycles. The summed E-state index contributed by atoms with van der Waals surface area (Å²) < 4.78 is 15.3. The minimum Gasteiger partial charge on any atom is -0.301 e. The van der Waals surface area contributed by atoms with Crippen LogP contribution in [0.4, 0.5) is 0 Å². The molecule has 1 unspecified atom stereocenters. The normalized spacial score (nSPS) is 25.2. The monoisotopic (exact) mass is 299 g/mol. The Kier molecular flexibility index (Phi) is 4.50. The van der Waals surface area contributed by atoms with E-state index < -0.39 is 11.0 Å². The first kappa shape index (κ1) is 13.2. The van der Waals surface area contributed by atoms with Crippen molar-refractivity contribution >= 4 is 26.9 Å². The van der Waals surface area contributed by atoms with E-state index in [0.29, 0.717) is 10.6 Å². The van der Waals surface area contributed by atoms with Crippen LogP contribution in [0.15, 0.2) is 57.6 Å². The van der Waals surface area contributed by atoms with Gasteiger partial charge in [0.1, 0.15) is 11.0 Å². The van der Waals surface area contributed by atoms with E-state index in [-0.39, 0.29) is 0 Å². The molecular formula is C12H14BrNOS. The Hall–Kier alpha value is -0.870. The van der Waals surface area contributed by atoms with Crippen molar-refractivity contribution in [2.75, 3.05) is 0 Å². The lowest BCUT2D eigenvalue weighted by atomic mass is 10.0. The molecule has 0 bridgehead atoms. The largest absolute Gasteiger partial charge is 0.301 e. The summed E-state index contributed by atoms with van der Waals surface area (Å²) in [6.45, 7) is 11.5. The Bertz CT molecular complexity index is 458. The third-order valence-electron chi connectivity index (χ3n) is 2.13. The standard InChI is InChI=1S/C12H14BrNOS/c1-5-7-10(11(13)6-2)12-8(3)14-16(15)9(12)4/h5-7,14H,3-4H2,1-2H3/b7-5-,11-6+,12-10+. The van der Waals surface area contributed by atoms with Crippen LogP contribution in [0.3, 0.4) is 0 Å². The average molecular weight is 300 g/mol. The second-order valence-electron chi connectivity index (χ2n) is 3.20. The predicted octanol–water partition coefficient (Wildman–Crippen LogP) is 3.45. The van der Waals surface area contributed by atoms with Crippen molar-refractivity contribution < 1.29 is 4.21 Å². The van der Waals surface area contributed by atoms with Gasteiger partial charge < -0.3 is 4.72 Å². The second kappa shape index (κ2) is 5.46. The van der Waals surface area contributed by atoms with Gasteiger partial charge in [0.05, 0.1) is 4.91 Å². The lowest BCUT2D eigenvalue weighted by Gasteiger charge is -2.06. The fourth-order valence-electron chi connectivity index (χ4n) is 1.40. The predicted molar refractivity (Wildman–Crippen MR) is 74.1 cm³/mol. The molecule has 1 saturated heterocycles. The lowest BCUT2D eigenvalue weighted by molar-refractivity contribution is 0.685. The van der Waals surface area contributed by atoms with Crippen LogP contribution in [0.1, 0.15) is 13.8 Å². The minimum atomic E-state index is -1.25. The molecule has 0 aromatic rings. The summed E-state index contributed by atoms with van der Waals surface area (Å²) in [6.07, 6.45) is 5.80. The van der Waals surface area contributed by atoms with Crippen LogP contribution in [-0.4, -0.2) is 4.21 Å². The first-order valence-corrected chi connectivity index (χ1v) is 6.73. The second-order valence-corrected chi connectivity index (χ2v) is 5.29. The van der Waals surface area contributed by atoms with Crippen LogP contribution in [0.5, 0.6) is 0 Å². The number of hydrogen-bond donors (Lipinski definition) is 1. The van der Waals surface area contributed by atoms with Crippen molar-refractivity contribution in [1.82, 2.24) is 4.72 Å². The molecule has 86 valence electrons. The van der Waals surface area contributed by atoms with Gasteiger partial charge in [-0.05, 0) is 19.4 Å². The Labute approximate surface area is 107 Å². The topological polar surface area (TPSA) is 29.1 Å². The summed E-state index contributed by atoms with van der Waals surface area (Å²) in [7, 11) is -1.25. The third kappa shape index (κ3) is 2.44. The molecule has 1 heterocycles. The van der Waals surface area contributed by atoms with Crippen molar-refractivity contribution in [3.8, 4) is 0 Å². The van der Waals surface area contributed by atoms with Gasteiger partial charge in [-0.2, -0.15) is 0 Å². The highest BCUT2D eigenvalue weighted by molar-refractivity contribution is 9.12. The lowest BCUT2D eigenvalue weighted by Crippen LogP contribution is -2.04. The molecule has 2 nitrogen and oxygen atoms in total. The summed E-state index contributed by atoms with van der Waals surface area (Å²) in [4.78, 5) is 0.567. The molecule has 4 heteroatoms. The van der Waals surface area contributed by atoms with Gasteiger partial charge in [-0.3, -0.25) is 0 Å². The summed E-state index contributed by atoms with van der Waals surface area (Å²) in [5.41, 5.74) is 2.41. The Morgan fingerprint density at radius 3 is 2.44 bits per heavy atom. The Morgan fingerprint density at radius 2 is 2.06 bits per heavy atom. The van der Waals surface area contributed by atoms with Gasteiger partial charge in [0.2, 0.25) is 0 Å². The molecular weight excluding hydrogens is 286 g/mol. The molecule has 0 aromatic heterocycles. The van der Waals surface area contributed by atoms with Crippen molar-refractivity contribution in [1.29, 1.82) is 0 Å². The highest BCUT2D eigenvalue weighted by Gasteiger charge is 2.25.